The fourth-order valence-corrected chi connectivity index (χ4v) is 3.10. The van der Waals surface area contributed by atoms with Crippen LogP contribution < -0.4 is 5.32 Å². The second-order valence-electron chi connectivity index (χ2n) is 5.27. The van der Waals surface area contributed by atoms with E-state index >= 15 is 0 Å². The summed E-state index contributed by atoms with van der Waals surface area (Å²) in [5.74, 6) is -1.24. The number of nitrogens with zero attached hydrogens (tertiary/aromatic N) is 2. The number of halogens is 2. The largest absolute Gasteiger partial charge is 0.493 e. The molecule has 0 spiro atoms. The number of aromatic amines is 1. The summed E-state index contributed by atoms with van der Waals surface area (Å²) >= 11 is 6.61. The lowest BCUT2D eigenvalue weighted by Gasteiger charge is -2.04. The van der Waals surface area contributed by atoms with Crippen LogP contribution in [0.3, 0.4) is 0 Å². The van der Waals surface area contributed by atoms with E-state index in [2.05, 4.69) is 52.4 Å². The van der Waals surface area contributed by atoms with Crippen molar-refractivity contribution in [2.75, 3.05) is 6.54 Å². The molecule has 3 rings (SSSR count). The van der Waals surface area contributed by atoms with Gasteiger partial charge in [0.15, 0.2) is 5.69 Å². The van der Waals surface area contributed by atoms with Crippen LogP contribution in [0.2, 0.25) is 0 Å². The monoisotopic (exact) mass is 478 g/mol. The smallest absolute Gasteiger partial charge is 0.283 e. The number of nitrogens with one attached hydrogen (secondary N) is 2. The molecular weight excluding hydrogens is 468 g/mol. The van der Waals surface area contributed by atoms with E-state index in [9.17, 15) is 14.7 Å². The van der Waals surface area contributed by atoms with Gasteiger partial charge in [0.1, 0.15) is 6.54 Å². The van der Waals surface area contributed by atoms with Crippen molar-refractivity contribution in [2.24, 2.45) is 10.2 Å². The normalized spacial score (nSPS) is 11.2. The van der Waals surface area contributed by atoms with E-state index in [0.717, 1.165) is 4.47 Å². The van der Waals surface area contributed by atoms with Gasteiger partial charge in [-0.1, -0.05) is 28.1 Å². The van der Waals surface area contributed by atoms with E-state index in [-0.39, 0.29) is 18.1 Å². The van der Waals surface area contributed by atoms with Gasteiger partial charge >= 0.3 is 0 Å². The van der Waals surface area contributed by atoms with Crippen molar-refractivity contribution in [3.05, 3.63) is 57.0 Å². The first-order valence-corrected chi connectivity index (χ1v) is 9.02. The van der Waals surface area contributed by atoms with Gasteiger partial charge in [-0.25, -0.2) is 0 Å². The lowest BCUT2D eigenvalue weighted by Crippen LogP contribution is -2.28. The van der Waals surface area contributed by atoms with Crippen LogP contribution in [0.15, 0.2) is 61.6 Å². The van der Waals surface area contributed by atoms with Gasteiger partial charge in [-0.3, -0.25) is 9.59 Å². The molecule has 1 heterocycles. The molecule has 0 aliphatic carbocycles. The summed E-state index contributed by atoms with van der Waals surface area (Å²) in [4.78, 5) is 26.7. The Morgan fingerprint density at radius 3 is 2.69 bits per heavy atom. The molecule has 0 radical (unpaired) electrons. The molecule has 2 aromatic carbocycles. The van der Waals surface area contributed by atoms with E-state index in [0.29, 0.717) is 20.9 Å². The van der Waals surface area contributed by atoms with Gasteiger partial charge in [-0.05, 0) is 46.3 Å². The van der Waals surface area contributed by atoms with Gasteiger partial charge in [0.25, 0.3) is 11.8 Å². The van der Waals surface area contributed by atoms with Crippen molar-refractivity contribution < 1.29 is 14.7 Å². The molecule has 0 fully saturated rings. The molecular formula is C17H12Br2N4O3. The molecule has 132 valence electrons. The summed E-state index contributed by atoms with van der Waals surface area (Å²) in [5.41, 5.74) is 1.23. The summed E-state index contributed by atoms with van der Waals surface area (Å²) in [5, 5.41) is 20.4. The summed E-state index contributed by atoms with van der Waals surface area (Å²) in [7, 11) is 0. The number of rotatable bonds is 4. The van der Waals surface area contributed by atoms with Crippen molar-refractivity contribution >= 4 is 60.3 Å². The molecule has 0 bridgehead atoms. The Balaban J connectivity index is 1.69. The van der Waals surface area contributed by atoms with Crippen LogP contribution in [0, 0.1) is 0 Å². The quantitative estimate of drug-likeness (QED) is 0.481. The number of carbonyl (C=O) groups is 2. The lowest BCUT2D eigenvalue weighted by molar-refractivity contribution is -0.117. The number of H-pyrrole nitrogens is 1. The Hall–Kier alpha value is -2.52. The molecule has 2 amide bonds. The molecule has 3 aromatic rings. The van der Waals surface area contributed by atoms with Crippen molar-refractivity contribution in [1.29, 1.82) is 0 Å². The Labute approximate surface area is 164 Å². The Morgan fingerprint density at radius 1 is 1.15 bits per heavy atom. The molecule has 0 saturated carbocycles. The molecule has 0 aliphatic heterocycles. The van der Waals surface area contributed by atoms with E-state index in [1.807, 2.05) is 6.07 Å². The average molecular weight is 480 g/mol. The first-order chi connectivity index (χ1) is 12.5. The molecule has 3 N–H and O–H groups in total. The molecule has 1 aromatic heterocycles. The predicted octanol–water partition coefficient (Wildman–Crippen LogP) is 4.44. The highest BCUT2D eigenvalue weighted by Gasteiger charge is 2.13. The zero-order valence-electron chi connectivity index (χ0n) is 13.2. The molecule has 0 unspecified atom stereocenters. The molecule has 0 atom stereocenters. The number of benzene rings is 2. The maximum absolute atomic E-state index is 12.1. The Bertz CT molecular complexity index is 1030. The van der Waals surface area contributed by atoms with Gasteiger partial charge < -0.3 is 15.4 Å². The first kappa shape index (κ1) is 18.3. The highest BCUT2D eigenvalue weighted by atomic mass is 79.9. The lowest BCUT2D eigenvalue weighted by atomic mass is 10.2. The fraction of sp³-hybridized carbons (Fsp3) is 0.0588. The highest BCUT2D eigenvalue weighted by molar-refractivity contribution is 9.10. The third-order valence-corrected chi connectivity index (χ3v) is 4.68. The second-order valence-corrected chi connectivity index (χ2v) is 7.04. The minimum absolute atomic E-state index is 0.159. The average Bonchev–Trinajstić information content (AvgIpc) is 2.92. The van der Waals surface area contributed by atoms with Crippen LogP contribution in [0.25, 0.3) is 10.9 Å². The minimum atomic E-state index is -0.644. The van der Waals surface area contributed by atoms with Crippen LogP contribution in [-0.4, -0.2) is 28.4 Å². The van der Waals surface area contributed by atoms with Gasteiger partial charge in [0.05, 0.1) is 11.1 Å². The van der Waals surface area contributed by atoms with E-state index in [4.69, 9.17) is 0 Å². The number of fused-ring (bicyclic) bond motifs is 1. The fourth-order valence-electron chi connectivity index (χ4n) is 2.27. The van der Waals surface area contributed by atoms with Crippen LogP contribution in [-0.2, 0) is 4.79 Å². The minimum Gasteiger partial charge on any atom is -0.493 e. The maximum Gasteiger partial charge on any atom is 0.283 e. The van der Waals surface area contributed by atoms with Crippen LogP contribution >= 0.6 is 31.9 Å². The predicted molar refractivity (Wildman–Crippen MR) is 104 cm³/mol. The van der Waals surface area contributed by atoms with Crippen molar-refractivity contribution in [2.45, 2.75) is 0 Å². The number of carbonyl (C=O) groups excluding carboxylic acids is 2. The van der Waals surface area contributed by atoms with E-state index in [1.165, 1.54) is 0 Å². The molecule has 9 heteroatoms. The topological polar surface area (TPSA) is 107 Å². The van der Waals surface area contributed by atoms with Crippen molar-refractivity contribution in [3.63, 3.8) is 0 Å². The standard InChI is InChI=1S/C17H12Br2N4O3/c18-9-5-6-13-11(7-9)15(17(26)21-13)23-22-14(24)8-20-16(25)10-3-1-2-4-12(10)19/h1-7,21,26H,8H2,(H,20,25). The van der Waals surface area contributed by atoms with E-state index < -0.39 is 11.8 Å². The highest BCUT2D eigenvalue weighted by Crippen LogP contribution is 2.36. The third kappa shape index (κ3) is 4.00. The van der Waals surface area contributed by atoms with E-state index in [1.54, 1.807) is 36.4 Å². The van der Waals surface area contributed by atoms with Crippen molar-refractivity contribution in [1.82, 2.24) is 10.3 Å². The van der Waals surface area contributed by atoms with Crippen LogP contribution in [0.1, 0.15) is 10.4 Å². The zero-order chi connectivity index (χ0) is 18.7. The maximum atomic E-state index is 12.1. The number of aromatic hydroxyl groups is 1. The summed E-state index contributed by atoms with van der Waals surface area (Å²) in [6.07, 6.45) is 0. The Morgan fingerprint density at radius 2 is 1.92 bits per heavy atom. The van der Waals surface area contributed by atoms with Gasteiger partial charge in [-0.2, -0.15) is 0 Å². The molecule has 0 aliphatic rings. The molecule has 0 saturated heterocycles. The second kappa shape index (κ2) is 7.79. The SMILES string of the molecule is O=C(CNC(=O)c1ccccc1Br)N=Nc1c(O)[nH]c2ccc(Br)cc12. The zero-order valence-corrected chi connectivity index (χ0v) is 16.3. The number of hydrogen-bond acceptors (Lipinski definition) is 4. The van der Waals surface area contributed by atoms with Crippen LogP contribution in [0.4, 0.5) is 5.69 Å². The third-order valence-electron chi connectivity index (χ3n) is 3.49. The van der Waals surface area contributed by atoms with Crippen molar-refractivity contribution in [3.8, 4) is 5.88 Å². The number of hydrogen-bond donors (Lipinski definition) is 3. The van der Waals surface area contributed by atoms with Gasteiger partial charge in [0.2, 0.25) is 5.88 Å². The van der Waals surface area contributed by atoms with Crippen LogP contribution in [0.5, 0.6) is 5.88 Å². The first-order valence-electron chi connectivity index (χ1n) is 7.43. The number of aromatic nitrogens is 1. The summed E-state index contributed by atoms with van der Waals surface area (Å²) in [6, 6.07) is 12.2. The van der Waals surface area contributed by atoms with Gasteiger partial charge in [-0.15, -0.1) is 10.2 Å². The molecule has 7 nitrogen and oxygen atoms in total. The van der Waals surface area contributed by atoms with Gasteiger partial charge in [0, 0.05) is 14.3 Å². The summed E-state index contributed by atoms with van der Waals surface area (Å²) in [6.45, 7) is -0.309. The molecule has 26 heavy (non-hydrogen) atoms. The Kier molecular flexibility index (Phi) is 5.48. The summed E-state index contributed by atoms with van der Waals surface area (Å²) < 4.78 is 1.42. The number of azo groups is 1. The number of amides is 2.